The molecule has 0 aliphatic heterocycles. The Morgan fingerprint density at radius 1 is 1.67 bits per heavy atom. The zero-order chi connectivity index (χ0) is 7.28. The van der Waals surface area contributed by atoms with Crippen LogP contribution in [0.3, 0.4) is 0 Å². The molecule has 0 aromatic rings. The van der Waals surface area contributed by atoms with Gasteiger partial charge in [0, 0.05) is 0 Å². The number of hydrogen-bond acceptors (Lipinski definition) is 1. The zero-order valence-corrected chi connectivity index (χ0v) is 7.59. The molecule has 54 valence electrons. The SMILES string of the molecule is C[As](C)CCNC(=O)O. The van der Waals surface area contributed by atoms with Gasteiger partial charge in [-0.15, -0.1) is 0 Å². The van der Waals surface area contributed by atoms with Gasteiger partial charge in [-0.1, -0.05) is 0 Å². The Balaban J connectivity index is 3.01. The van der Waals surface area contributed by atoms with Crippen molar-refractivity contribution in [1.29, 1.82) is 0 Å². The second-order valence-electron chi connectivity index (χ2n) is 2.04. The van der Waals surface area contributed by atoms with Crippen LogP contribution >= 0.6 is 0 Å². The molecule has 0 bridgehead atoms. The van der Waals surface area contributed by atoms with Gasteiger partial charge < -0.3 is 0 Å². The number of nitrogens with one attached hydrogen (secondary N) is 1. The molecular formula is C5H12AsNO2. The van der Waals surface area contributed by atoms with Crippen LogP contribution in [0.2, 0.25) is 16.6 Å². The molecule has 0 heterocycles. The van der Waals surface area contributed by atoms with Crippen molar-refractivity contribution in [3.05, 3.63) is 0 Å². The van der Waals surface area contributed by atoms with E-state index in [1.807, 2.05) is 0 Å². The summed E-state index contributed by atoms with van der Waals surface area (Å²) in [6, 6.07) is 0. The summed E-state index contributed by atoms with van der Waals surface area (Å²) in [6.07, 6.45) is -0.911. The molecule has 3 nitrogen and oxygen atoms in total. The van der Waals surface area contributed by atoms with Crippen molar-refractivity contribution >= 4 is 20.7 Å². The molecule has 0 rings (SSSR count). The van der Waals surface area contributed by atoms with Gasteiger partial charge in [-0.05, 0) is 0 Å². The van der Waals surface area contributed by atoms with Crippen molar-refractivity contribution in [2.45, 2.75) is 16.6 Å². The summed E-state index contributed by atoms with van der Waals surface area (Å²) in [6.45, 7) is 0.627. The van der Waals surface area contributed by atoms with Crippen LogP contribution < -0.4 is 5.32 Å². The average molecular weight is 193 g/mol. The third-order valence-electron chi connectivity index (χ3n) is 0.835. The number of hydrogen-bond donors (Lipinski definition) is 2. The fraction of sp³-hybridized carbons (Fsp3) is 0.800. The fourth-order valence-electron chi connectivity index (χ4n) is 0.386. The van der Waals surface area contributed by atoms with E-state index in [1.54, 1.807) is 0 Å². The minimum atomic E-state index is -0.911. The van der Waals surface area contributed by atoms with Gasteiger partial charge in [-0.3, -0.25) is 0 Å². The summed E-state index contributed by atoms with van der Waals surface area (Å²) in [7, 11) is 0. The Hall–Kier alpha value is -0.172. The average Bonchev–Trinajstić information content (AvgIpc) is 1.63. The predicted molar refractivity (Wildman–Crippen MR) is 38.3 cm³/mol. The molecule has 4 heteroatoms. The van der Waals surface area contributed by atoms with E-state index in [1.165, 1.54) is 0 Å². The van der Waals surface area contributed by atoms with E-state index in [0.29, 0.717) is 6.54 Å². The van der Waals surface area contributed by atoms with Gasteiger partial charge in [0.1, 0.15) is 0 Å². The van der Waals surface area contributed by atoms with E-state index < -0.39 is 20.7 Å². The molecule has 0 aromatic heterocycles. The van der Waals surface area contributed by atoms with Crippen molar-refractivity contribution < 1.29 is 9.90 Å². The van der Waals surface area contributed by atoms with Gasteiger partial charge in [0.2, 0.25) is 0 Å². The first kappa shape index (κ1) is 8.83. The molecule has 0 saturated heterocycles. The van der Waals surface area contributed by atoms with Crippen LogP contribution in [0.5, 0.6) is 0 Å². The van der Waals surface area contributed by atoms with E-state index in [-0.39, 0.29) is 0 Å². The maximum absolute atomic E-state index is 9.89. The standard InChI is InChI=1S/C5H12AsNO2/c1-6(2)3-4-7-5(8)9/h7H,3-4H2,1-2H3,(H,8,9). The Kier molecular flexibility index (Phi) is 4.59. The number of amides is 1. The molecule has 0 atom stereocenters. The zero-order valence-electron chi connectivity index (χ0n) is 5.72. The molecular weight excluding hydrogens is 181 g/mol. The van der Waals surface area contributed by atoms with Crippen molar-refractivity contribution in [2.24, 2.45) is 0 Å². The molecule has 0 unspecified atom stereocenters. The summed E-state index contributed by atoms with van der Waals surface area (Å²) < 4.78 is 0. The molecule has 2 N–H and O–H groups in total. The summed E-state index contributed by atoms with van der Waals surface area (Å²) in [5.41, 5.74) is 4.41. The van der Waals surface area contributed by atoms with Crippen LogP contribution in [0.15, 0.2) is 0 Å². The first-order chi connectivity index (χ1) is 4.13. The normalized spacial score (nSPS) is 9.67. The molecule has 0 fully saturated rings. The summed E-state index contributed by atoms with van der Waals surface area (Å²) in [4.78, 5) is 9.89. The number of rotatable bonds is 3. The van der Waals surface area contributed by atoms with E-state index in [9.17, 15) is 4.79 Å². The molecule has 9 heavy (non-hydrogen) atoms. The number of carbonyl (C=O) groups is 1. The van der Waals surface area contributed by atoms with Crippen molar-refractivity contribution in [1.82, 2.24) is 5.32 Å². The predicted octanol–water partition coefficient (Wildman–Crippen LogP) is 1.01. The molecule has 0 aliphatic rings. The Bertz CT molecular complexity index is 95.0. The minimum absolute atomic E-state index is 0.611. The molecule has 0 radical (unpaired) electrons. The van der Waals surface area contributed by atoms with E-state index >= 15 is 0 Å². The van der Waals surface area contributed by atoms with Crippen LogP contribution in [0, 0.1) is 0 Å². The van der Waals surface area contributed by atoms with Gasteiger partial charge in [0.15, 0.2) is 0 Å². The second kappa shape index (κ2) is 4.68. The van der Waals surface area contributed by atoms with E-state index in [0.717, 1.165) is 5.21 Å². The molecule has 0 saturated carbocycles. The maximum atomic E-state index is 9.89. The topological polar surface area (TPSA) is 49.3 Å². The third-order valence-corrected chi connectivity index (χ3v) is 3.18. The molecule has 1 amide bonds. The van der Waals surface area contributed by atoms with E-state index in [4.69, 9.17) is 5.11 Å². The van der Waals surface area contributed by atoms with Crippen LogP contribution in [0.1, 0.15) is 0 Å². The first-order valence-electron chi connectivity index (χ1n) is 2.74. The molecule has 0 aliphatic carbocycles. The van der Waals surface area contributed by atoms with Crippen LogP contribution in [0.4, 0.5) is 4.79 Å². The molecule has 0 aromatic carbocycles. The van der Waals surface area contributed by atoms with Gasteiger partial charge >= 0.3 is 59.1 Å². The summed E-state index contributed by atoms with van der Waals surface area (Å²) in [5, 5.41) is 11.5. The third kappa shape index (κ3) is 7.83. The van der Waals surface area contributed by atoms with Crippen LogP contribution in [-0.2, 0) is 0 Å². The number of carboxylic acid groups (broad SMARTS) is 1. The Labute approximate surface area is 59.7 Å². The fourth-order valence-corrected chi connectivity index (χ4v) is 1.56. The quantitative estimate of drug-likeness (QED) is 0.657. The van der Waals surface area contributed by atoms with Crippen molar-refractivity contribution in [3.63, 3.8) is 0 Å². The van der Waals surface area contributed by atoms with Gasteiger partial charge in [-0.25, -0.2) is 0 Å². The van der Waals surface area contributed by atoms with Gasteiger partial charge in [0.25, 0.3) is 0 Å². The van der Waals surface area contributed by atoms with Crippen molar-refractivity contribution in [3.8, 4) is 0 Å². The summed E-state index contributed by atoms with van der Waals surface area (Å²) in [5.74, 6) is 0. The van der Waals surface area contributed by atoms with Gasteiger partial charge in [-0.2, -0.15) is 0 Å². The van der Waals surface area contributed by atoms with Gasteiger partial charge in [0.05, 0.1) is 0 Å². The second-order valence-corrected chi connectivity index (χ2v) is 7.50. The summed E-state index contributed by atoms with van der Waals surface area (Å²) >= 11 is -0.611. The van der Waals surface area contributed by atoms with Crippen molar-refractivity contribution in [2.75, 3.05) is 6.54 Å². The van der Waals surface area contributed by atoms with E-state index in [2.05, 4.69) is 16.7 Å². The van der Waals surface area contributed by atoms with Crippen LogP contribution in [0.25, 0.3) is 0 Å². The van der Waals surface area contributed by atoms with Crippen LogP contribution in [-0.4, -0.2) is 32.4 Å². The monoisotopic (exact) mass is 193 g/mol. The Morgan fingerprint density at radius 3 is 2.56 bits per heavy atom. The Morgan fingerprint density at radius 2 is 2.22 bits per heavy atom. The molecule has 0 spiro atoms. The first-order valence-corrected chi connectivity index (χ1v) is 7.82.